The third kappa shape index (κ3) is 9.91. The molecule has 1 aromatic heterocycles. The van der Waals surface area contributed by atoms with Crippen molar-refractivity contribution in [3.8, 4) is 0 Å². The van der Waals surface area contributed by atoms with Crippen LogP contribution in [-0.4, -0.2) is 99.8 Å². The number of hydrogen-bond donors (Lipinski definition) is 4. The van der Waals surface area contributed by atoms with Crippen LogP contribution in [0.15, 0.2) is 42.3 Å². The molecule has 15 nitrogen and oxygen atoms in total. The quantitative estimate of drug-likeness (QED) is 0.292. The minimum Gasteiger partial charge on any atom is -0.475 e. The van der Waals surface area contributed by atoms with Gasteiger partial charge in [-0.3, -0.25) is 24.0 Å². The number of ether oxygens (including phenoxy) is 1. The summed E-state index contributed by atoms with van der Waals surface area (Å²) in [6.45, 7) is 10.2. The van der Waals surface area contributed by atoms with Crippen LogP contribution < -0.4 is 15.4 Å². The number of aromatic nitrogens is 1. The Morgan fingerprint density at radius 1 is 1.15 bits per heavy atom. The van der Waals surface area contributed by atoms with Crippen molar-refractivity contribution in [2.45, 2.75) is 114 Å². The molecule has 5 atom stereocenters. The van der Waals surface area contributed by atoms with Crippen molar-refractivity contribution in [1.82, 2.24) is 24.8 Å². The van der Waals surface area contributed by atoms with Crippen molar-refractivity contribution in [2.75, 3.05) is 11.9 Å². The number of rotatable bonds is 6. The fourth-order valence-corrected chi connectivity index (χ4v) is 9.52. The highest BCUT2D eigenvalue weighted by atomic mass is 32.2. The zero-order valence-electron chi connectivity index (χ0n) is 32.7. The molecule has 2 aliphatic carbocycles. The summed E-state index contributed by atoms with van der Waals surface area (Å²) >= 11 is 1.41. The minimum atomic E-state index is -5.08. The Bertz CT molecular complexity index is 2150. The zero-order valence-corrected chi connectivity index (χ0v) is 34.3. The third-order valence-electron chi connectivity index (χ3n) is 10.9. The van der Waals surface area contributed by atoms with Gasteiger partial charge >= 0.3 is 18.2 Å². The molecule has 2 saturated carbocycles. The molecule has 0 unspecified atom stereocenters. The number of carbonyl (C=O) groups excluding carboxylic acids is 4. The van der Waals surface area contributed by atoms with Crippen LogP contribution >= 0.6 is 11.3 Å². The predicted molar refractivity (Wildman–Crippen MR) is 210 cm³/mol. The fraction of sp³-hybridized carbons (Fsp3) is 0.538. The molecule has 20 heteroatoms. The van der Waals surface area contributed by atoms with Crippen LogP contribution in [-0.2, 0) is 53.4 Å². The molecule has 4 heterocycles. The van der Waals surface area contributed by atoms with Gasteiger partial charge in [-0.2, -0.15) is 13.2 Å². The standard InChI is InChI=1S/C37H46N6O7S2.C2HF3O2/c1-5-24-17-37(24,33(46)41-52(48,49)27-14-15-27)40-31(44)29-16-26-19-43(29)32(45)30(36(2,3)4)39-34-38-25(21-51-34)13-8-6-7-10-22-11-9-12-23-18-42(20-28(22)23)35(47)50-26;3-2(4,5)1(6)7/h5,7,9-12,21,24,26-27,29-30H,1,6,8,13-20H2,2-4H3,(H,38,39)(H,40,44)(H,41,46);(H,6,7)/b10-7+;/t24-,26-,29+,30-,37-;/m1./s1. The fourth-order valence-electron chi connectivity index (χ4n) is 7.38. The van der Waals surface area contributed by atoms with Crippen molar-refractivity contribution in [2.24, 2.45) is 11.3 Å². The maximum atomic E-state index is 14.6. The van der Waals surface area contributed by atoms with E-state index in [9.17, 15) is 40.8 Å². The molecule has 320 valence electrons. The first-order valence-corrected chi connectivity index (χ1v) is 21.6. The maximum absolute atomic E-state index is 14.6. The number of fused-ring (bicyclic) bond motifs is 5. The van der Waals surface area contributed by atoms with Gasteiger partial charge in [0, 0.05) is 24.3 Å². The second kappa shape index (κ2) is 16.6. The van der Waals surface area contributed by atoms with E-state index in [1.165, 1.54) is 22.3 Å². The van der Waals surface area contributed by atoms with Gasteiger partial charge in [-0.1, -0.05) is 57.2 Å². The number of thiazole rings is 1. The number of halogens is 3. The van der Waals surface area contributed by atoms with Crippen molar-refractivity contribution in [3.63, 3.8) is 0 Å². The second-order valence-corrected chi connectivity index (χ2v) is 19.3. The summed E-state index contributed by atoms with van der Waals surface area (Å²) in [6, 6.07) is 4.10. The van der Waals surface area contributed by atoms with Crippen molar-refractivity contribution < 1.29 is 55.4 Å². The van der Waals surface area contributed by atoms with Crippen LogP contribution in [0.1, 0.15) is 81.7 Å². The first kappa shape index (κ1) is 43.6. The van der Waals surface area contributed by atoms with E-state index in [1.54, 1.807) is 4.90 Å². The van der Waals surface area contributed by atoms with E-state index in [4.69, 9.17) is 19.6 Å². The number of hydrogen-bond acceptors (Lipinski definition) is 11. The van der Waals surface area contributed by atoms with E-state index in [0.717, 1.165) is 41.6 Å². The molecule has 2 aromatic rings. The molecule has 6 bridgehead atoms. The van der Waals surface area contributed by atoms with Gasteiger partial charge in [0.05, 0.1) is 24.0 Å². The van der Waals surface area contributed by atoms with Gasteiger partial charge in [0.1, 0.15) is 23.7 Å². The number of aliphatic carboxylic acids is 1. The van der Waals surface area contributed by atoms with Crippen molar-refractivity contribution >= 4 is 62.4 Å². The Morgan fingerprint density at radius 2 is 1.86 bits per heavy atom. The van der Waals surface area contributed by atoms with Gasteiger partial charge in [-0.25, -0.2) is 23.0 Å². The van der Waals surface area contributed by atoms with Crippen LogP contribution in [0.3, 0.4) is 0 Å². The Kier molecular flexibility index (Phi) is 12.3. The summed E-state index contributed by atoms with van der Waals surface area (Å²) in [4.78, 5) is 72.7. The molecule has 7 rings (SSSR count). The van der Waals surface area contributed by atoms with Gasteiger partial charge < -0.3 is 25.4 Å². The molecule has 3 aliphatic heterocycles. The number of alkyl halides is 3. The lowest BCUT2D eigenvalue weighted by Gasteiger charge is -2.35. The SMILES string of the molecule is C=C[C@@H]1C[C@]1(NC(=O)[C@@H]1C[C@@H]2CN1C(=O)[C@H](C(C)(C)C)Nc1nc(cs1)CCC/C=C/c1cccc3c1CN(C3)C(=O)O2)C(=O)NS(=O)(=O)C1CC1.O=C(O)C(F)(F)F. The van der Waals surface area contributed by atoms with E-state index < -0.39 is 80.4 Å². The first-order chi connectivity index (χ1) is 27.6. The summed E-state index contributed by atoms with van der Waals surface area (Å²) in [7, 11) is -3.88. The van der Waals surface area contributed by atoms with Gasteiger partial charge in [-0.05, 0) is 60.6 Å². The highest BCUT2D eigenvalue weighted by Crippen LogP contribution is 2.45. The summed E-state index contributed by atoms with van der Waals surface area (Å²) in [5.41, 5.74) is 1.91. The lowest BCUT2D eigenvalue weighted by molar-refractivity contribution is -0.192. The summed E-state index contributed by atoms with van der Waals surface area (Å²) in [6.07, 6.45) is 2.92. The minimum absolute atomic E-state index is 0.00677. The predicted octanol–water partition coefficient (Wildman–Crippen LogP) is 4.74. The van der Waals surface area contributed by atoms with Gasteiger partial charge in [0.2, 0.25) is 21.8 Å². The number of allylic oxidation sites excluding steroid dienone is 1. The van der Waals surface area contributed by atoms with Gasteiger partial charge in [0.25, 0.3) is 5.91 Å². The maximum Gasteiger partial charge on any atom is 0.490 e. The number of aryl methyl sites for hydroxylation is 1. The van der Waals surface area contributed by atoms with Crippen LogP contribution in [0.2, 0.25) is 0 Å². The van der Waals surface area contributed by atoms with E-state index in [0.29, 0.717) is 31.1 Å². The van der Waals surface area contributed by atoms with E-state index in [1.807, 2.05) is 44.4 Å². The number of nitrogens with one attached hydrogen (secondary N) is 3. The highest BCUT2D eigenvalue weighted by molar-refractivity contribution is 7.91. The molecule has 0 spiro atoms. The van der Waals surface area contributed by atoms with Crippen LogP contribution in [0.25, 0.3) is 6.08 Å². The van der Waals surface area contributed by atoms with Crippen molar-refractivity contribution in [1.29, 1.82) is 0 Å². The number of carbonyl (C=O) groups is 5. The molecule has 0 radical (unpaired) electrons. The molecule has 59 heavy (non-hydrogen) atoms. The average Bonchev–Trinajstić information content (AvgIpc) is 3.97. The molecule has 1 aromatic carbocycles. The van der Waals surface area contributed by atoms with E-state index in [-0.39, 0.29) is 25.3 Å². The summed E-state index contributed by atoms with van der Waals surface area (Å²) in [5, 5.41) is 15.2. The number of sulfonamides is 1. The molecular formula is C39H47F3N6O9S2. The number of carboxylic acid groups (broad SMARTS) is 1. The van der Waals surface area contributed by atoms with E-state index in [2.05, 4.69) is 34.1 Å². The average molecular weight is 865 g/mol. The van der Waals surface area contributed by atoms with E-state index >= 15 is 0 Å². The largest absolute Gasteiger partial charge is 0.490 e. The Hall–Kier alpha value is -4.98. The smallest absolute Gasteiger partial charge is 0.475 e. The molecular weight excluding hydrogens is 818 g/mol. The highest BCUT2D eigenvalue weighted by Gasteiger charge is 2.62. The monoisotopic (exact) mass is 864 g/mol. The molecule has 4 amide bonds. The van der Waals surface area contributed by atoms with Crippen LogP contribution in [0.5, 0.6) is 0 Å². The van der Waals surface area contributed by atoms with Crippen LogP contribution in [0, 0.1) is 11.3 Å². The number of nitrogens with zero attached hydrogens (tertiary/aromatic N) is 3. The van der Waals surface area contributed by atoms with Crippen LogP contribution in [0.4, 0.5) is 23.1 Å². The molecule has 3 fully saturated rings. The Morgan fingerprint density at radius 3 is 2.49 bits per heavy atom. The number of carboxylic acids is 1. The molecule has 4 N–H and O–H groups in total. The number of anilines is 1. The second-order valence-electron chi connectivity index (χ2n) is 16.5. The first-order valence-electron chi connectivity index (χ1n) is 19.2. The van der Waals surface area contributed by atoms with Crippen molar-refractivity contribution in [3.05, 3.63) is 64.7 Å². The summed E-state index contributed by atoms with van der Waals surface area (Å²) in [5.74, 6) is -5.10. The zero-order chi connectivity index (χ0) is 43.1. The number of amides is 4. The van der Waals surface area contributed by atoms with Gasteiger partial charge in [0.15, 0.2) is 5.13 Å². The lowest BCUT2D eigenvalue weighted by atomic mass is 9.85. The Balaban J connectivity index is 0.000000768. The molecule has 1 saturated heterocycles. The topological polar surface area (TPSA) is 204 Å². The lowest BCUT2D eigenvalue weighted by Crippen LogP contribution is -2.58. The third-order valence-corrected chi connectivity index (χ3v) is 13.6. The molecule has 5 aliphatic rings. The van der Waals surface area contributed by atoms with Gasteiger partial charge in [-0.15, -0.1) is 17.9 Å². The normalized spacial score (nSPS) is 26.3. The summed E-state index contributed by atoms with van der Waals surface area (Å²) < 4.78 is 65.3. The Labute approximate surface area is 343 Å². The number of benzene rings is 1.